The third kappa shape index (κ3) is 2.70. The first-order valence-electron chi connectivity index (χ1n) is 6.53. The van der Waals surface area contributed by atoms with Gasteiger partial charge in [-0.2, -0.15) is 0 Å². The molecule has 0 spiro atoms. The Labute approximate surface area is 126 Å². The first-order valence-corrected chi connectivity index (χ1v) is 7.73. The smallest absolute Gasteiger partial charge is 0.0964 e. The van der Waals surface area contributed by atoms with Crippen molar-refractivity contribution in [3.63, 3.8) is 0 Å². The minimum Gasteiger partial charge on any atom is -0.311 e. The van der Waals surface area contributed by atoms with Crippen molar-refractivity contribution in [2.45, 2.75) is 20.0 Å². The van der Waals surface area contributed by atoms with Crippen LogP contribution in [0.2, 0.25) is 5.02 Å². The van der Waals surface area contributed by atoms with Gasteiger partial charge in [-0.15, -0.1) is 16.4 Å². The van der Waals surface area contributed by atoms with Crippen molar-refractivity contribution >= 4 is 33.0 Å². The summed E-state index contributed by atoms with van der Waals surface area (Å²) < 4.78 is 3.05. The summed E-state index contributed by atoms with van der Waals surface area (Å²) in [5.41, 5.74) is 0.948. The van der Waals surface area contributed by atoms with Crippen LogP contribution in [0.5, 0.6) is 0 Å². The zero-order chi connectivity index (χ0) is 13.9. The quantitative estimate of drug-likeness (QED) is 0.786. The number of halogens is 1. The molecule has 0 saturated carbocycles. The topological polar surface area (TPSA) is 42.7 Å². The third-order valence-electron chi connectivity index (χ3n) is 3.05. The summed E-state index contributed by atoms with van der Waals surface area (Å²) in [6.07, 6.45) is 1.96. The summed E-state index contributed by atoms with van der Waals surface area (Å²) in [6, 6.07) is 8.18. The highest BCUT2D eigenvalue weighted by Gasteiger charge is 2.11. The maximum absolute atomic E-state index is 6.43. The van der Waals surface area contributed by atoms with Crippen molar-refractivity contribution in [1.29, 1.82) is 0 Å². The second-order valence-corrected chi connectivity index (χ2v) is 6.04. The van der Waals surface area contributed by atoms with Crippen LogP contribution < -0.4 is 5.32 Å². The standard InChI is InChI=1S/C14H15ClN4S/c1-2-16-7-10-8-19(18-17-10)9-13-14(15)11-5-3-4-6-12(11)20-13/h3-6,8,16H,2,7,9H2,1H3. The summed E-state index contributed by atoms with van der Waals surface area (Å²) >= 11 is 8.14. The van der Waals surface area contributed by atoms with Crippen molar-refractivity contribution in [3.05, 3.63) is 46.1 Å². The largest absolute Gasteiger partial charge is 0.311 e. The van der Waals surface area contributed by atoms with Gasteiger partial charge in [0, 0.05) is 21.5 Å². The van der Waals surface area contributed by atoms with Crippen LogP contribution in [-0.2, 0) is 13.1 Å². The molecule has 3 rings (SSSR count). The molecule has 0 aliphatic rings. The Bertz CT molecular complexity index is 719. The number of nitrogens with one attached hydrogen (secondary N) is 1. The number of rotatable bonds is 5. The van der Waals surface area contributed by atoms with Crippen LogP contribution in [-0.4, -0.2) is 21.5 Å². The molecule has 0 bridgehead atoms. The fraction of sp³-hybridized carbons (Fsp3) is 0.286. The zero-order valence-electron chi connectivity index (χ0n) is 11.1. The van der Waals surface area contributed by atoms with E-state index in [0.717, 1.165) is 34.1 Å². The van der Waals surface area contributed by atoms with Crippen LogP contribution >= 0.6 is 22.9 Å². The Morgan fingerprint density at radius 3 is 3.00 bits per heavy atom. The molecule has 1 N–H and O–H groups in total. The lowest BCUT2D eigenvalue weighted by Crippen LogP contribution is -2.11. The van der Waals surface area contributed by atoms with Crippen LogP contribution in [0.25, 0.3) is 10.1 Å². The van der Waals surface area contributed by atoms with Crippen molar-refractivity contribution in [2.75, 3.05) is 6.54 Å². The summed E-state index contributed by atoms with van der Waals surface area (Å²) in [5, 5.41) is 13.5. The molecule has 20 heavy (non-hydrogen) atoms. The van der Waals surface area contributed by atoms with Crippen LogP contribution in [0.1, 0.15) is 17.5 Å². The number of aromatic nitrogens is 3. The van der Waals surface area contributed by atoms with Gasteiger partial charge in [-0.3, -0.25) is 0 Å². The summed E-state index contributed by atoms with van der Waals surface area (Å²) in [7, 11) is 0. The molecule has 0 amide bonds. The van der Waals surface area contributed by atoms with Gasteiger partial charge in [0.2, 0.25) is 0 Å². The van der Waals surface area contributed by atoms with Gasteiger partial charge in [0.1, 0.15) is 0 Å². The molecule has 6 heteroatoms. The lowest BCUT2D eigenvalue weighted by Gasteiger charge is -1.98. The van der Waals surface area contributed by atoms with E-state index >= 15 is 0 Å². The molecule has 0 saturated heterocycles. The maximum atomic E-state index is 6.43. The van der Waals surface area contributed by atoms with E-state index in [4.69, 9.17) is 11.6 Å². The van der Waals surface area contributed by atoms with Gasteiger partial charge >= 0.3 is 0 Å². The number of fused-ring (bicyclic) bond motifs is 1. The van der Waals surface area contributed by atoms with Gasteiger partial charge in [-0.05, 0) is 12.6 Å². The highest BCUT2D eigenvalue weighted by molar-refractivity contribution is 7.19. The summed E-state index contributed by atoms with van der Waals surface area (Å²) in [4.78, 5) is 1.12. The van der Waals surface area contributed by atoms with Crippen LogP contribution in [0.15, 0.2) is 30.5 Å². The normalized spacial score (nSPS) is 11.3. The lowest BCUT2D eigenvalue weighted by molar-refractivity contribution is 0.654. The van der Waals surface area contributed by atoms with Gasteiger partial charge in [0.05, 0.1) is 23.5 Å². The van der Waals surface area contributed by atoms with E-state index in [1.54, 1.807) is 11.3 Å². The maximum Gasteiger partial charge on any atom is 0.0964 e. The third-order valence-corrected chi connectivity index (χ3v) is 4.75. The number of hydrogen-bond acceptors (Lipinski definition) is 4. The van der Waals surface area contributed by atoms with Crippen molar-refractivity contribution in [1.82, 2.24) is 20.3 Å². The molecule has 1 aromatic carbocycles. The van der Waals surface area contributed by atoms with Gasteiger partial charge in [0.25, 0.3) is 0 Å². The molecule has 4 nitrogen and oxygen atoms in total. The molecular weight excluding hydrogens is 292 g/mol. The Hall–Kier alpha value is -1.43. The van der Waals surface area contributed by atoms with E-state index < -0.39 is 0 Å². The Morgan fingerprint density at radius 2 is 2.20 bits per heavy atom. The lowest BCUT2D eigenvalue weighted by atomic mass is 10.2. The fourth-order valence-electron chi connectivity index (χ4n) is 2.06. The minimum atomic E-state index is 0.664. The van der Waals surface area contributed by atoms with E-state index in [1.165, 1.54) is 4.70 Å². The van der Waals surface area contributed by atoms with E-state index in [0.29, 0.717) is 6.54 Å². The second kappa shape index (κ2) is 5.91. The van der Waals surface area contributed by atoms with E-state index in [1.807, 2.05) is 23.0 Å². The Morgan fingerprint density at radius 1 is 1.35 bits per heavy atom. The average molecular weight is 307 g/mol. The average Bonchev–Trinajstić information content (AvgIpc) is 3.03. The highest BCUT2D eigenvalue weighted by Crippen LogP contribution is 2.35. The van der Waals surface area contributed by atoms with Crippen molar-refractivity contribution in [3.8, 4) is 0 Å². The van der Waals surface area contributed by atoms with Crippen LogP contribution in [0.3, 0.4) is 0 Å². The van der Waals surface area contributed by atoms with Crippen molar-refractivity contribution in [2.24, 2.45) is 0 Å². The van der Waals surface area contributed by atoms with Gasteiger partial charge in [-0.1, -0.05) is 41.9 Å². The number of nitrogens with zero attached hydrogens (tertiary/aromatic N) is 3. The molecule has 2 aromatic heterocycles. The predicted octanol–water partition coefficient (Wildman–Crippen LogP) is 3.30. The van der Waals surface area contributed by atoms with E-state index in [-0.39, 0.29) is 0 Å². The first-order chi connectivity index (χ1) is 9.78. The highest BCUT2D eigenvalue weighted by atomic mass is 35.5. The fourth-order valence-corrected chi connectivity index (χ4v) is 3.55. The summed E-state index contributed by atoms with van der Waals surface area (Å²) in [5.74, 6) is 0. The van der Waals surface area contributed by atoms with Gasteiger partial charge in [-0.25, -0.2) is 4.68 Å². The predicted molar refractivity (Wildman–Crippen MR) is 83.3 cm³/mol. The molecule has 0 radical (unpaired) electrons. The molecular formula is C14H15ClN4S. The number of benzene rings is 1. The van der Waals surface area contributed by atoms with E-state index in [9.17, 15) is 0 Å². The summed E-state index contributed by atoms with van der Waals surface area (Å²) in [6.45, 7) is 4.41. The molecule has 3 aromatic rings. The molecule has 0 atom stereocenters. The molecule has 0 unspecified atom stereocenters. The van der Waals surface area contributed by atoms with Crippen LogP contribution in [0, 0.1) is 0 Å². The minimum absolute atomic E-state index is 0.664. The Balaban J connectivity index is 1.82. The number of thiophene rings is 1. The molecule has 0 aliphatic carbocycles. The number of hydrogen-bond donors (Lipinski definition) is 1. The van der Waals surface area contributed by atoms with Gasteiger partial charge in [0.15, 0.2) is 0 Å². The SMILES string of the molecule is CCNCc1cn(Cc2sc3ccccc3c2Cl)nn1. The first kappa shape index (κ1) is 13.5. The monoisotopic (exact) mass is 306 g/mol. The molecule has 0 fully saturated rings. The van der Waals surface area contributed by atoms with E-state index in [2.05, 4.69) is 34.7 Å². The Kier molecular flexibility index (Phi) is 4.00. The van der Waals surface area contributed by atoms with Gasteiger partial charge < -0.3 is 5.32 Å². The molecule has 0 aliphatic heterocycles. The molecule has 104 valence electrons. The second-order valence-electron chi connectivity index (χ2n) is 4.52. The van der Waals surface area contributed by atoms with Crippen molar-refractivity contribution < 1.29 is 0 Å². The zero-order valence-corrected chi connectivity index (χ0v) is 12.7. The molecule has 2 heterocycles. The van der Waals surface area contributed by atoms with Crippen LogP contribution in [0.4, 0.5) is 0 Å².